The van der Waals surface area contributed by atoms with Crippen LogP contribution in [0.3, 0.4) is 0 Å². The van der Waals surface area contributed by atoms with Crippen LogP contribution < -0.4 is 16.6 Å². The zero-order chi connectivity index (χ0) is 17.9. The van der Waals surface area contributed by atoms with Crippen molar-refractivity contribution < 1.29 is 14.7 Å². The SMILES string of the molecule is Cc1cccc(C(NC(=O)Cn2ccc(=O)[nH]c2=O)C(=O)O)c1C. The summed E-state index contributed by atoms with van der Waals surface area (Å²) >= 11 is 0. The number of benzene rings is 1. The van der Waals surface area contributed by atoms with Crippen molar-refractivity contribution in [1.29, 1.82) is 0 Å². The summed E-state index contributed by atoms with van der Waals surface area (Å²) in [5.74, 6) is -1.86. The Labute approximate surface area is 136 Å². The first-order chi connectivity index (χ1) is 11.3. The fourth-order valence-electron chi connectivity index (χ4n) is 2.29. The van der Waals surface area contributed by atoms with Gasteiger partial charge in [-0.05, 0) is 30.5 Å². The van der Waals surface area contributed by atoms with Crippen LogP contribution >= 0.6 is 0 Å². The number of aromatic nitrogens is 2. The van der Waals surface area contributed by atoms with Crippen molar-refractivity contribution in [3.63, 3.8) is 0 Å². The van der Waals surface area contributed by atoms with Gasteiger partial charge in [-0.3, -0.25) is 19.1 Å². The summed E-state index contributed by atoms with van der Waals surface area (Å²) in [5, 5.41) is 11.8. The molecule has 1 atom stereocenters. The Morgan fingerprint density at radius 3 is 2.58 bits per heavy atom. The second-order valence-corrected chi connectivity index (χ2v) is 5.37. The number of hydrogen-bond acceptors (Lipinski definition) is 4. The number of amides is 1. The third-order valence-corrected chi connectivity index (χ3v) is 3.72. The average molecular weight is 331 g/mol. The van der Waals surface area contributed by atoms with E-state index in [1.807, 2.05) is 18.0 Å². The average Bonchev–Trinajstić information content (AvgIpc) is 2.50. The Hall–Kier alpha value is -3.16. The molecule has 1 aromatic carbocycles. The highest BCUT2D eigenvalue weighted by molar-refractivity contribution is 5.84. The number of nitrogens with zero attached hydrogens (tertiary/aromatic N) is 1. The summed E-state index contributed by atoms with van der Waals surface area (Å²) in [4.78, 5) is 48.2. The predicted molar refractivity (Wildman–Crippen MR) is 85.8 cm³/mol. The van der Waals surface area contributed by atoms with E-state index in [1.165, 1.54) is 6.20 Å². The normalized spacial score (nSPS) is 11.8. The van der Waals surface area contributed by atoms with Gasteiger partial charge in [-0.25, -0.2) is 9.59 Å². The lowest BCUT2D eigenvalue weighted by Gasteiger charge is -2.18. The first kappa shape index (κ1) is 17.2. The molecule has 0 aliphatic carbocycles. The van der Waals surface area contributed by atoms with Crippen molar-refractivity contribution in [3.8, 4) is 0 Å². The Kier molecular flexibility index (Phi) is 4.98. The van der Waals surface area contributed by atoms with E-state index >= 15 is 0 Å². The molecular formula is C16H17N3O5. The van der Waals surface area contributed by atoms with Gasteiger partial charge in [0.2, 0.25) is 5.91 Å². The van der Waals surface area contributed by atoms with Crippen LogP contribution in [-0.4, -0.2) is 26.5 Å². The van der Waals surface area contributed by atoms with Crippen molar-refractivity contribution in [2.45, 2.75) is 26.4 Å². The quantitative estimate of drug-likeness (QED) is 0.717. The molecule has 1 aromatic heterocycles. The van der Waals surface area contributed by atoms with E-state index in [2.05, 4.69) is 5.32 Å². The molecule has 8 nitrogen and oxygen atoms in total. The second kappa shape index (κ2) is 6.95. The van der Waals surface area contributed by atoms with Gasteiger partial charge in [0, 0.05) is 12.3 Å². The lowest BCUT2D eigenvalue weighted by Crippen LogP contribution is -2.39. The molecule has 0 spiro atoms. The third-order valence-electron chi connectivity index (χ3n) is 3.72. The molecule has 126 valence electrons. The number of carbonyl (C=O) groups excluding carboxylic acids is 1. The summed E-state index contributed by atoms with van der Waals surface area (Å²) in [6.07, 6.45) is 1.18. The molecule has 0 radical (unpaired) electrons. The lowest BCUT2D eigenvalue weighted by atomic mass is 9.97. The number of H-pyrrole nitrogens is 1. The Morgan fingerprint density at radius 1 is 1.25 bits per heavy atom. The minimum atomic E-state index is -1.23. The molecule has 2 rings (SSSR count). The fourth-order valence-corrected chi connectivity index (χ4v) is 2.29. The summed E-state index contributed by atoms with van der Waals surface area (Å²) < 4.78 is 0.985. The van der Waals surface area contributed by atoms with Crippen molar-refractivity contribution in [3.05, 3.63) is 68.0 Å². The van der Waals surface area contributed by atoms with Gasteiger partial charge in [-0.1, -0.05) is 18.2 Å². The lowest BCUT2D eigenvalue weighted by molar-refractivity contribution is -0.142. The van der Waals surface area contributed by atoms with Crippen LogP contribution in [0.4, 0.5) is 0 Å². The number of hydrogen-bond donors (Lipinski definition) is 3. The van der Waals surface area contributed by atoms with E-state index in [-0.39, 0.29) is 0 Å². The number of aromatic amines is 1. The first-order valence-electron chi connectivity index (χ1n) is 7.17. The molecule has 0 aliphatic heterocycles. The van der Waals surface area contributed by atoms with Crippen LogP contribution in [-0.2, 0) is 16.1 Å². The molecule has 2 aromatic rings. The highest BCUT2D eigenvalue weighted by Gasteiger charge is 2.24. The molecule has 24 heavy (non-hydrogen) atoms. The van der Waals surface area contributed by atoms with E-state index in [0.717, 1.165) is 21.8 Å². The Bertz CT molecular complexity index is 897. The zero-order valence-electron chi connectivity index (χ0n) is 13.2. The molecule has 8 heteroatoms. The molecule has 0 aliphatic rings. The molecular weight excluding hydrogens is 314 g/mol. The maximum absolute atomic E-state index is 12.1. The highest BCUT2D eigenvalue weighted by atomic mass is 16.4. The minimum absolute atomic E-state index is 0.399. The zero-order valence-corrected chi connectivity index (χ0v) is 13.2. The molecule has 0 bridgehead atoms. The van der Waals surface area contributed by atoms with Crippen LogP contribution in [0.2, 0.25) is 0 Å². The van der Waals surface area contributed by atoms with Crippen LogP contribution in [0, 0.1) is 13.8 Å². The smallest absolute Gasteiger partial charge is 0.330 e. The summed E-state index contributed by atoms with van der Waals surface area (Å²) in [6.45, 7) is 3.23. The van der Waals surface area contributed by atoms with Gasteiger partial charge in [-0.2, -0.15) is 0 Å². The van der Waals surface area contributed by atoms with Crippen LogP contribution in [0.15, 0.2) is 40.1 Å². The van der Waals surface area contributed by atoms with Gasteiger partial charge in [0.15, 0.2) is 6.04 Å². The Balaban J connectivity index is 2.23. The maximum Gasteiger partial charge on any atom is 0.330 e. The van der Waals surface area contributed by atoms with E-state index in [0.29, 0.717) is 5.56 Å². The second-order valence-electron chi connectivity index (χ2n) is 5.37. The minimum Gasteiger partial charge on any atom is -0.479 e. The molecule has 0 fully saturated rings. The number of aliphatic carboxylic acids is 1. The summed E-state index contributed by atoms with van der Waals surface area (Å²) in [5.41, 5.74) is 0.840. The van der Waals surface area contributed by atoms with E-state index in [1.54, 1.807) is 19.1 Å². The monoisotopic (exact) mass is 331 g/mol. The number of carboxylic acids is 1. The number of carbonyl (C=O) groups is 2. The molecule has 1 amide bonds. The van der Waals surface area contributed by atoms with E-state index in [4.69, 9.17) is 0 Å². The topological polar surface area (TPSA) is 121 Å². The number of aryl methyl sites for hydroxylation is 1. The number of nitrogens with one attached hydrogen (secondary N) is 2. The van der Waals surface area contributed by atoms with Gasteiger partial charge < -0.3 is 10.4 Å². The molecule has 0 saturated carbocycles. The van der Waals surface area contributed by atoms with Gasteiger partial charge in [0.25, 0.3) is 5.56 Å². The number of carboxylic acid groups (broad SMARTS) is 1. The van der Waals surface area contributed by atoms with E-state index < -0.39 is 35.7 Å². The largest absolute Gasteiger partial charge is 0.479 e. The van der Waals surface area contributed by atoms with Gasteiger partial charge >= 0.3 is 11.7 Å². The predicted octanol–water partition coefficient (Wildman–Crippen LogP) is 0.0955. The highest BCUT2D eigenvalue weighted by Crippen LogP contribution is 2.20. The van der Waals surface area contributed by atoms with Crippen molar-refractivity contribution in [1.82, 2.24) is 14.9 Å². The van der Waals surface area contributed by atoms with Crippen LogP contribution in [0.1, 0.15) is 22.7 Å². The maximum atomic E-state index is 12.1. The molecule has 1 unspecified atom stereocenters. The van der Waals surface area contributed by atoms with Crippen LogP contribution in [0.5, 0.6) is 0 Å². The standard InChI is InChI=1S/C16H17N3O5/c1-9-4-3-5-11(10(9)2)14(15(22)23)17-13(21)8-19-7-6-12(20)18-16(19)24/h3-7,14H,8H2,1-2H3,(H,17,21)(H,22,23)(H,18,20,24). The van der Waals surface area contributed by atoms with Gasteiger partial charge in [0.05, 0.1) is 0 Å². The first-order valence-corrected chi connectivity index (χ1v) is 7.17. The van der Waals surface area contributed by atoms with Gasteiger partial charge in [-0.15, -0.1) is 0 Å². The van der Waals surface area contributed by atoms with Crippen molar-refractivity contribution in [2.75, 3.05) is 0 Å². The molecule has 0 saturated heterocycles. The van der Waals surface area contributed by atoms with Gasteiger partial charge in [0.1, 0.15) is 6.54 Å². The Morgan fingerprint density at radius 2 is 1.96 bits per heavy atom. The van der Waals surface area contributed by atoms with Crippen molar-refractivity contribution >= 4 is 11.9 Å². The fraction of sp³-hybridized carbons (Fsp3) is 0.250. The molecule has 3 N–H and O–H groups in total. The third kappa shape index (κ3) is 3.78. The molecule has 1 heterocycles. The summed E-state index contributed by atoms with van der Waals surface area (Å²) in [7, 11) is 0. The summed E-state index contributed by atoms with van der Waals surface area (Å²) in [6, 6.07) is 5.07. The van der Waals surface area contributed by atoms with Crippen molar-refractivity contribution in [2.24, 2.45) is 0 Å². The number of rotatable bonds is 5. The van der Waals surface area contributed by atoms with Crippen LogP contribution in [0.25, 0.3) is 0 Å². The van der Waals surface area contributed by atoms with E-state index in [9.17, 15) is 24.3 Å².